The molecule has 3 nitrogen and oxygen atoms in total. The van der Waals surface area contributed by atoms with Gasteiger partial charge in [-0.25, -0.2) is 0 Å². The van der Waals surface area contributed by atoms with E-state index in [0.717, 1.165) is 17.9 Å². The standard InChI is InChI=1S/C16H23N3/c1-4-5-6-14-7-9-15(10-8-14)17-11-16-12(2)18-19-13(16)3/h7-10,17H,4-6,11H2,1-3H3,(H,18,19). The normalized spacial score (nSPS) is 10.7. The summed E-state index contributed by atoms with van der Waals surface area (Å²) in [6, 6.07) is 8.76. The second-order valence-electron chi connectivity index (χ2n) is 5.07. The maximum Gasteiger partial charge on any atom is 0.0643 e. The molecule has 0 aliphatic carbocycles. The number of nitrogens with one attached hydrogen (secondary N) is 2. The Bertz CT molecular complexity index is 492. The molecule has 0 aliphatic heterocycles. The highest BCUT2D eigenvalue weighted by molar-refractivity contribution is 5.45. The van der Waals surface area contributed by atoms with Crippen molar-refractivity contribution in [2.45, 2.75) is 46.6 Å². The molecule has 0 bridgehead atoms. The minimum atomic E-state index is 0.822. The van der Waals surface area contributed by atoms with Crippen molar-refractivity contribution in [3.8, 4) is 0 Å². The van der Waals surface area contributed by atoms with E-state index >= 15 is 0 Å². The van der Waals surface area contributed by atoms with Crippen molar-refractivity contribution < 1.29 is 0 Å². The van der Waals surface area contributed by atoms with Gasteiger partial charge >= 0.3 is 0 Å². The quantitative estimate of drug-likeness (QED) is 0.821. The van der Waals surface area contributed by atoms with E-state index in [1.807, 2.05) is 6.92 Å². The largest absolute Gasteiger partial charge is 0.381 e. The first-order chi connectivity index (χ1) is 9.20. The third-order valence-corrected chi connectivity index (χ3v) is 3.52. The molecule has 1 aromatic carbocycles. The Balaban J connectivity index is 1.93. The molecule has 19 heavy (non-hydrogen) atoms. The molecular formula is C16H23N3. The SMILES string of the molecule is CCCCc1ccc(NCc2c(C)n[nH]c2C)cc1. The summed E-state index contributed by atoms with van der Waals surface area (Å²) in [5.41, 5.74) is 6.06. The van der Waals surface area contributed by atoms with Gasteiger partial charge in [0.2, 0.25) is 0 Å². The summed E-state index contributed by atoms with van der Waals surface area (Å²) < 4.78 is 0. The molecule has 0 amide bonds. The van der Waals surface area contributed by atoms with Crippen LogP contribution in [0.1, 0.15) is 42.3 Å². The van der Waals surface area contributed by atoms with Crippen LogP contribution in [-0.2, 0) is 13.0 Å². The maximum absolute atomic E-state index is 4.21. The Morgan fingerprint density at radius 2 is 1.89 bits per heavy atom. The van der Waals surface area contributed by atoms with Crippen LogP contribution in [0.5, 0.6) is 0 Å². The molecule has 3 heteroatoms. The molecule has 0 saturated carbocycles. The molecule has 1 aromatic heterocycles. The fourth-order valence-corrected chi connectivity index (χ4v) is 2.20. The highest BCUT2D eigenvalue weighted by Gasteiger charge is 2.05. The molecule has 2 aromatic rings. The van der Waals surface area contributed by atoms with Crippen LogP contribution >= 0.6 is 0 Å². The molecule has 0 saturated heterocycles. The summed E-state index contributed by atoms with van der Waals surface area (Å²) in [6.45, 7) is 7.15. The van der Waals surface area contributed by atoms with E-state index in [4.69, 9.17) is 0 Å². The van der Waals surface area contributed by atoms with Crippen LogP contribution in [-0.4, -0.2) is 10.2 Å². The predicted molar refractivity (Wildman–Crippen MR) is 80.4 cm³/mol. The first-order valence-electron chi connectivity index (χ1n) is 7.04. The van der Waals surface area contributed by atoms with Gasteiger partial charge in [-0.1, -0.05) is 25.5 Å². The summed E-state index contributed by atoms with van der Waals surface area (Å²) in [6.07, 6.45) is 3.69. The van der Waals surface area contributed by atoms with E-state index in [0.29, 0.717) is 0 Å². The van der Waals surface area contributed by atoms with E-state index in [-0.39, 0.29) is 0 Å². The molecule has 0 fully saturated rings. The van der Waals surface area contributed by atoms with Gasteiger partial charge in [-0.3, -0.25) is 5.10 Å². The lowest BCUT2D eigenvalue weighted by Crippen LogP contribution is -2.01. The smallest absolute Gasteiger partial charge is 0.0643 e. The second kappa shape index (κ2) is 6.41. The lowest BCUT2D eigenvalue weighted by Gasteiger charge is -2.08. The zero-order valence-corrected chi connectivity index (χ0v) is 12.1. The average Bonchev–Trinajstić information content (AvgIpc) is 2.75. The van der Waals surface area contributed by atoms with Crippen molar-refractivity contribution in [3.05, 3.63) is 46.8 Å². The van der Waals surface area contributed by atoms with Crippen LogP contribution in [0.4, 0.5) is 5.69 Å². The number of hydrogen-bond donors (Lipinski definition) is 2. The molecule has 2 rings (SSSR count). The highest BCUT2D eigenvalue weighted by atomic mass is 15.1. The number of aromatic nitrogens is 2. The molecule has 0 aliphatic rings. The average molecular weight is 257 g/mol. The summed E-state index contributed by atoms with van der Waals surface area (Å²) in [5, 5.41) is 10.7. The molecule has 102 valence electrons. The minimum absolute atomic E-state index is 0.822. The lowest BCUT2D eigenvalue weighted by atomic mass is 10.1. The van der Waals surface area contributed by atoms with E-state index in [1.54, 1.807) is 0 Å². The highest BCUT2D eigenvalue weighted by Crippen LogP contribution is 2.15. The number of H-pyrrole nitrogens is 1. The molecule has 0 spiro atoms. The summed E-state index contributed by atoms with van der Waals surface area (Å²) >= 11 is 0. The van der Waals surface area contributed by atoms with Crippen molar-refractivity contribution in [2.75, 3.05) is 5.32 Å². The van der Waals surface area contributed by atoms with Crippen molar-refractivity contribution in [3.63, 3.8) is 0 Å². The molecule has 0 unspecified atom stereocenters. The van der Waals surface area contributed by atoms with Gasteiger partial charge in [0.15, 0.2) is 0 Å². The van der Waals surface area contributed by atoms with Crippen LogP contribution in [0.15, 0.2) is 24.3 Å². The van der Waals surface area contributed by atoms with Gasteiger partial charge < -0.3 is 5.32 Å². The predicted octanol–water partition coefficient (Wildman–Crippen LogP) is 3.98. The molecule has 2 N–H and O–H groups in total. The van der Waals surface area contributed by atoms with Crippen molar-refractivity contribution >= 4 is 5.69 Å². The Morgan fingerprint density at radius 3 is 2.47 bits per heavy atom. The van der Waals surface area contributed by atoms with Crippen molar-refractivity contribution in [1.82, 2.24) is 10.2 Å². The third-order valence-electron chi connectivity index (χ3n) is 3.52. The van der Waals surface area contributed by atoms with Gasteiger partial charge in [-0.05, 0) is 44.4 Å². The number of nitrogens with zero attached hydrogens (tertiary/aromatic N) is 1. The van der Waals surface area contributed by atoms with Crippen LogP contribution in [0, 0.1) is 13.8 Å². The van der Waals surface area contributed by atoms with Gasteiger partial charge in [0.25, 0.3) is 0 Å². The van der Waals surface area contributed by atoms with Gasteiger partial charge in [0.05, 0.1) is 5.69 Å². The molecular weight excluding hydrogens is 234 g/mol. The van der Waals surface area contributed by atoms with Gasteiger partial charge in [-0.15, -0.1) is 0 Å². The number of unbranched alkanes of at least 4 members (excludes halogenated alkanes) is 1. The Hall–Kier alpha value is -1.77. The van der Waals surface area contributed by atoms with Crippen LogP contribution in [0.3, 0.4) is 0 Å². The van der Waals surface area contributed by atoms with E-state index in [2.05, 4.69) is 53.6 Å². The minimum Gasteiger partial charge on any atom is -0.381 e. The number of anilines is 1. The molecule has 1 heterocycles. The number of aryl methyl sites for hydroxylation is 3. The second-order valence-corrected chi connectivity index (χ2v) is 5.07. The van der Waals surface area contributed by atoms with Gasteiger partial charge in [-0.2, -0.15) is 5.10 Å². The van der Waals surface area contributed by atoms with Crippen molar-refractivity contribution in [2.24, 2.45) is 0 Å². The zero-order valence-electron chi connectivity index (χ0n) is 12.1. The third kappa shape index (κ3) is 3.60. The monoisotopic (exact) mass is 257 g/mol. The van der Waals surface area contributed by atoms with Crippen LogP contribution < -0.4 is 5.32 Å². The Morgan fingerprint density at radius 1 is 1.16 bits per heavy atom. The number of benzene rings is 1. The lowest BCUT2D eigenvalue weighted by molar-refractivity contribution is 0.795. The Kier molecular flexibility index (Phi) is 4.61. The molecule has 0 radical (unpaired) electrons. The van der Waals surface area contributed by atoms with Crippen LogP contribution in [0.25, 0.3) is 0 Å². The van der Waals surface area contributed by atoms with Crippen LogP contribution in [0.2, 0.25) is 0 Å². The fraction of sp³-hybridized carbons (Fsp3) is 0.438. The Labute approximate surface area is 115 Å². The first-order valence-corrected chi connectivity index (χ1v) is 7.04. The number of aromatic amines is 1. The molecule has 0 atom stereocenters. The van der Waals surface area contributed by atoms with E-state index in [9.17, 15) is 0 Å². The number of rotatable bonds is 6. The zero-order chi connectivity index (χ0) is 13.7. The van der Waals surface area contributed by atoms with E-state index < -0.39 is 0 Å². The van der Waals surface area contributed by atoms with E-state index in [1.165, 1.54) is 36.1 Å². The first kappa shape index (κ1) is 13.7. The maximum atomic E-state index is 4.21. The van der Waals surface area contributed by atoms with Gasteiger partial charge in [0, 0.05) is 23.5 Å². The topological polar surface area (TPSA) is 40.7 Å². The van der Waals surface area contributed by atoms with Crippen molar-refractivity contribution in [1.29, 1.82) is 0 Å². The summed E-state index contributed by atoms with van der Waals surface area (Å²) in [4.78, 5) is 0. The fourth-order valence-electron chi connectivity index (χ4n) is 2.20. The summed E-state index contributed by atoms with van der Waals surface area (Å²) in [7, 11) is 0. The number of hydrogen-bond acceptors (Lipinski definition) is 2. The summed E-state index contributed by atoms with van der Waals surface area (Å²) in [5.74, 6) is 0. The van der Waals surface area contributed by atoms with Gasteiger partial charge in [0.1, 0.15) is 0 Å².